The number of aromatic nitrogens is 1. The summed E-state index contributed by atoms with van der Waals surface area (Å²) < 4.78 is 33.8. The van der Waals surface area contributed by atoms with Gasteiger partial charge in [-0.2, -0.15) is 0 Å². The van der Waals surface area contributed by atoms with Crippen molar-refractivity contribution in [3.05, 3.63) is 77.0 Å². The fourth-order valence-corrected chi connectivity index (χ4v) is 4.75. The monoisotopic (exact) mass is 489 g/mol. The van der Waals surface area contributed by atoms with Crippen molar-refractivity contribution in [2.24, 2.45) is 0 Å². The molecule has 0 aliphatic carbocycles. The molecular weight excluding hydrogens is 470 g/mol. The molecule has 0 spiro atoms. The number of ether oxygens (including phenoxy) is 1. The third-order valence-corrected chi connectivity index (χ3v) is 6.64. The molecule has 0 aliphatic rings. The topological polar surface area (TPSA) is 88.6 Å². The number of halogens is 1. The van der Waals surface area contributed by atoms with Crippen LogP contribution in [0.15, 0.2) is 76.4 Å². The molecule has 0 bridgehead atoms. The lowest BCUT2D eigenvalue weighted by molar-refractivity contribution is 0.102. The molecule has 9 heteroatoms. The molecule has 156 valence electrons. The van der Waals surface area contributed by atoms with Gasteiger partial charge in [-0.05, 0) is 59.3 Å². The van der Waals surface area contributed by atoms with Gasteiger partial charge in [0.05, 0.1) is 28.9 Å². The first kappa shape index (κ1) is 21.8. The highest BCUT2D eigenvalue weighted by Crippen LogP contribution is 2.31. The fraction of sp³-hybridized carbons (Fsp3) is 0.143. The average Bonchev–Trinajstić information content (AvgIpc) is 2.74. The maximum absolute atomic E-state index is 13.3. The smallest absolute Gasteiger partial charge is 0.264 e. The highest BCUT2D eigenvalue weighted by Gasteiger charge is 2.25. The summed E-state index contributed by atoms with van der Waals surface area (Å²) in [4.78, 5) is 16.6. The van der Waals surface area contributed by atoms with Crippen LogP contribution >= 0.6 is 15.9 Å². The number of anilines is 2. The molecule has 3 aromatic rings. The van der Waals surface area contributed by atoms with Gasteiger partial charge in [-0.25, -0.2) is 8.42 Å². The number of sulfonamides is 1. The molecule has 30 heavy (non-hydrogen) atoms. The predicted octanol–water partition coefficient (Wildman–Crippen LogP) is 4.32. The van der Waals surface area contributed by atoms with Crippen LogP contribution in [0.4, 0.5) is 11.4 Å². The molecule has 1 N–H and O–H groups in total. The number of para-hydroxylation sites is 1. The number of carbonyl (C=O) groups is 1. The molecular formula is C21H20BrN3O4S. The minimum absolute atomic E-state index is 0.0386. The highest BCUT2D eigenvalue weighted by molar-refractivity contribution is 9.10. The second-order valence-corrected chi connectivity index (χ2v) is 8.99. The Balaban J connectivity index is 1.98. The summed E-state index contributed by atoms with van der Waals surface area (Å²) in [6.45, 7) is 2.01. The van der Waals surface area contributed by atoms with E-state index >= 15 is 0 Å². The van der Waals surface area contributed by atoms with Gasteiger partial charge in [0, 0.05) is 23.4 Å². The first-order valence-corrected chi connectivity index (χ1v) is 11.3. The number of nitrogens with zero attached hydrogens (tertiary/aromatic N) is 2. The van der Waals surface area contributed by atoms with Crippen molar-refractivity contribution in [3.8, 4) is 5.75 Å². The van der Waals surface area contributed by atoms with Gasteiger partial charge < -0.3 is 10.1 Å². The lowest BCUT2D eigenvalue weighted by Crippen LogP contribution is -2.30. The molecule has 0 radical (unpaired) electrons. The minimum atomic E-state index is -3.85. The standard InChI is InChI=1S/C21H20BrN3O4S/c1-3-25(17-7-5-4-6-8-17)30(27,28)18-9-10-20(29-2)19(12-18)24-21(26)15-11-16(22)14-23-13-15/h4-14H,3H2,1-2H3,(H,24,26). The SMILES string of the molecule is CCN(c1ccccc1)S(=O)(=O)c1ccc(OC)c(NC(=O)c2cncc(Br)c2)c1. The van der Waals surface area contributed by atoms with Gasteiger partial charge in [-0.15, -0.1) is 0 Å². The van der Waals surface area contributed by atoms with Crippen LogP contribution in [0.25, 0.3) is 0 Å². The Morgan fingerprint density at radius 1 is 1.13 bits per heavy atom. The van der Waals surface area contributed by atoms with Crippen molar-refractivity contribution in [2.45, 2.75) is 11.8 Å². The maximum atomic E-state index is 13.3. The van der Waals surface area contributed by atoms with E-state index in [1.54, 1.807) is 43.5 Å². The molecule has 0 atom stereocenters. The molecule has 1 amide bonds. The number of carbonyl (C=O) groups excluding carboxylic acids is 1. The molecule has 0 saturated carbocycles. The molecule has 0 unspecified atom stereocenters. The van der Waals surface area contributed by atoms with Crippen molar-refractivity contribution >= 4 is 43.2 Å². The predicted molar refractivity (Wildman–Crippen MR) is 120 cm³/mol. The average molecular weight is 490 g/mol. The van der Waals surface area contributed by atoms with Crippen LogP contribution in [0.1, 0.15) is 17.3 Å². The van der Waals surface area contributed by atoms with Crippen LogP contribution in [0, 0.1) is 0 Å². The van der Waals surface area contributed by atoms with Gasteiger partial charge >= 0.3 is 0 Å². The van der Waals surface area contributed by atoms with Crippen LogP contribution < -0.4 is 14.4 Å². The molecule has 0 aliphatic heterocycles. The summed E-state index contributed by atoms with van der Waals surface area (Å²) in [6, 6.07) is 14.8. The van der Waals surface area contributed by atoms with E-state index < -0.39 is 15.9 Å². The van der Waals surface area contributed by atoms with Crippen molar-refractivity contribution in [1.29, 1.82) is 0 Å². The number of nitrogens with one attached hydrogen (secondary N) is 1. The summed E-state index contributed by atoms with van der Waals surface area (Å²) in [7, 11) is -2.41. The number of rotatable bonds is 7. The zero-order valence-electron chi connectivity index (χ0n) is 16.4. The van der Waals surface area contributed by atoms with Gasteiger partial charge in [0.1, 0.15) is 5.75 Å². The first-order chi connectivity index (χ1) is 14.4. The molecule has 0 saturated heterocycles. The van der Waals surface area contributed by atoms with Crippen molar-refractivity contribution in [1.82, 2.24) is 4.98 Å². The summed E-state index contributed by atoms with van der Waals surface area (Å²) >= 11 is 3.28. The zero-order valence-corrected chi connectivity index (χ0v) is 18.8. The zero-order chi connectivity index (χ0) is 21.7. The van der Waals surface area contributed by atoms with E-state index in [0.29, 0.717) is 21.5 Å². The molecule has 3 rings (SSSR count). The number of hydrogen-bond donors (Lipinski definition) is 1. The largest absolute Gasteiger partial charge is 0.495 e. The van der Waals surface area contributed by atoms with Crippen LogP contribution in [0.2, 0.25) is 0 Å². The quantitative estimate of drug-likeness (QED) is 0.533. The number of benzene rings is 2. The van der Waals surface area contributed by atoms with E-state index in [1.807, 2.05) is 6.07 Å². The van der Waals surface area contributed by atoms with E-state index in [2.05, 4.69) is 26.2 Å². The number of hydrogen-bond acceptors (Lipinski definition) is 5. The van der Waals surface area contributed by atoms with E-state index in [9.17, 15) is 13.2 Å². The maximum Gasteiger partial charge on any atom is 0.264 e. The molecule has 1 aromatic heterocycles. The Kier molecular flexibility index (Phi) is 6.73. The molecule has 2 aromatic carbocycles. The normalized spacial score (nSPS) is 11.0. The molecule has 1 heterocycles. The fourth-order valence-electron chi connectivity index (χ4n) is 2.89. The first-order valence-electron chi connectivity index (χ1n) is 9.04. The second-order valence-electron chi connectivity index (χ2n) is 6.21. The lowest BCUT2D eigenvalue weighted by atomic mass is 10.2. The number of pyridine rings is 1. The van der Waals surface area contributed by atoms with Gasteiger partial charge in [0.2, 0.25) is 0 Å². The number of amides is 1. The van der Waals surface area contributed by atoms with Crippen LogP contribution in [-0.4, -0.2) is 33.0 Å². The molecule has 7 nitrogen and oxygen atoms in total. The van der Waals surface area contributed by atoms with Gasteiger partial charge in [-0.1, -0.05) is 18.2 Å². The Labute approximate surface area is 183 Å². The van der Waals surface area contributed by atoms with E-state index in [-0.39, 0.29) is 17.1 Å². The highest BCUT2D eigenvalue weighted by atomic mass is 79.9. The van der Waals surface area contributed by atoms with Crippen LogP contribution in [0.3, 0.4) is 0 Å². The van der Waals surface area contributed by atoms with Crippen LogP contribution in [-0.2, 0) is 10.0 Å². The van der Waals surface area contributed by atoms with E-state index in [0.717, 1.165) is 0 Å². The van der Waals surface area contributed by atoms with Gasteiger partial charge in [0.15, 0.2) is 0 Å². The lowest BCUT2D eigenvalue weighted by Gasteiger charge is -2.23. The Morgan fingerprint density at radius 2 is 1.87 bits per heavy atom. The summed E-state index contributed by atoms with van der Waals surface area (Å²) in [5, 5.41) is 2.71. The number of methoxy groups -OCH3 is 1. The summed E-state index contributed by atoms with van der Waals surface area (Å²) in [5.41, 5.74) is 1.12. The summed E-state index contributed by atoms with van der Waals surface area (Å²) in [6.07, 6.45) is 2.98. The van der Waals surface area contributed by atoms with Gasteiger partial charge in [0.25, 0.3) is 15.9 Å². The third-order valence-electron chi connectivity index (χ3n) is 4.31. The summed E-state index contributed by atoms with van der Waals surface area (Å²) in [5.74, 6) is -0.0972. The van der Waals surface area contributed by atoms with Crippen molar-refractivity contribution < 1.29 is 17.9 Å². The van der Waals surface area contributed by atoms with Gasteiger partial charge in [-0.3, -0.25) is 14.1 Å². The Bertz CT molecular complexity index is 1150. The Hall–Kier alpha value is -2.91. The van der Waals surface area contributed by atoms with Crippen molar-refractivity contribution in [3.63, 3.8) is 0 Å². The minimum Gasteiger partial charge on any atom is -0.495 e. The Morgan fingerprint density at radius 3 is 2.50 bits per heavy atom. The third kappa shape index (κ3) is 4.63. The van der Waals surface area contributed by atoms with E-state index in [1.165, 1.54) is 35.8 Å². The van der Waals surface area contributed by atoms with E-state index in [4.69, 9.17) is 4.74 Å². The van der Waals surface area contributed by atoms with Crippen LogP contribution in [0.5, 0.6) is 5.75 Å². The second kappa shape index (κ2) is 9.27. The molecule has 0 fully saturated rings. The van der Waals surface area contributed by atoms with Crippen molar-refractivity contribution in [2.75, 3.05) is 23.3 Å².